The van der Waals surface area contributed by atoms with Gasteiger partial charge in [-0.2, -0.15) is 0 Å². The highest BCUT2D eigenvalue weighted by Gasteiger charge is 2.25. The summed E-state index contributed by atoms with van der Waals surface area (Å²) in [5, 5.41) is 0. The van der Waals surface area contributed by atoms with Gasteiger partial charge in [-0.1, -0.05) is 48.5 Å². The number of para-hydroxylation sites is 1. The molecule has 0 aromatic heterocycles. The zero-order valence-electron chi connectivity index (χ0n) is 11.5. The van der Waals surface area contributed by atoms with E-state index in [9.17, 15) is 8.42 Å². The fraction of sp³-hybridized carbons (Fsp3) is 0.250. The zero-order valence-corrected chi connectivity index (χ0v) is 12.3. The summed E-state index contributed by atoms with van der Waals surface area (Å²) in [6.07, 6.45) is 0.644. The Labute approximate surface area is 124 Å². The second-order valence-corrected chi connectivity index (χ2v) is 6.84. The van der Waals surface area contributed by atoms with Crippen LogP contribution in [0, 0.1) is 0 Å². The summed E-state index contributed by atoms with van der Waals surface area (Å²) in [5.41, 5.74) is 1.69. The van der Waals surface area contributed by atoms with Gasteiger partial charge < -0.3 is 4.74 Å². The summed E-state index contributed by atoms with van der Waals surface area (Å²) >= 11 is 0. The maximum absolute atomic E-state index is 12.3. The Hall–Kier alpha value is -1.85. The molecule has 0 bridgehead atoms. The van der Waals surface area contributed by atoms with Gasteiger partial charge in [-0.15, -0.1) is 0 Å². The summed E-state index contributed by atoms with van der Waals surface area (Å²) in [5.74, 6) is 0.754. The average molecular weight is 303 g/mol. The number of nitrogens with one attached hydrogen (secondary N) is 1. The molecule has 0 saturated carbocycles. The molecule has 0 amide bonds. The van der Waals surface area contributed by atoms with E-state index >= 15 is 0 Å². The molecule has 0 spiro atoms. The Bertz CT molecular complexity index is 713. The van der Waals surface area contributed by atoms with Crippen molar-refractivity contribution < 1.29 is 13.2 Å². The third-order valence-corrected chi connectivity index (χ3v) is 4.84. The van der Waals surface area contributed by atoms with Gasteiger partial charge in [-0.25, -0.2) is 13.1 Å². The van der Waals surface area contributed by atoms with E-state index in [2.05, 4.69) is 4.72 Å². The molecule has 0 unspecified atom stereocenters. The van der Waals surface area contributed by atoms with Gasteiger partial charge in [-0.05, 0) is 11.6 Å². The average Bonchev–Trinajstić information content (AvgIpc) is 2.48. The molecule has 4 nitrogen and oxygen atoms in total. The van der Waals surface area contributed by atoms with Crippen LogP contribution >= 0.6 is 0 Å². The molecule has 2 aromatic carbocycles. The SMILES string of the molecule is O=S(=O)(Cc1ccccc1)N[C@H]1CCOc2ccccc21. The first-order valence-corrected chi connectivity index (χ1v) is 8.55. The van der Waals surface area contributed by atoms with Gasteiger partial charge >= 0.3 is 0 Å². The first-order valence-electron chi connectivity index (χ1n) is 6.90. The van der Waals surface area contributed by atoms with Gasteiger partial charge in [0.2, 0.25) is 10.0 Å². The standard InChI is InChI=1S/C16H17NO3S/c18-21(19,12-13-6-2-1-3-7-13)17-15-10-11-20-16-9-5-4-8-14(15)16/h1-9,15,17H,10-12H2/t15-/m0/s1. The largest absolute Gasteiger partial charge is 0.493 e. The van der Waals surface area contributed by atoms with E-state index in [-0.39, 0.29) is 11.8 Å². The molecule has 3 rings (SSSR count). The fourth-order valence-electron chi connectivity index (χ4n) is 2.52. The Kier molecular flexibility index (Phi) is 3.94. The lowest BCUT2D eigenvalue weighted by atomic mass is 10.0. The Morgan fingerprint density at radius 1 is 1.05 bits per heavy atom. The number of benzene rings is 2. The summed E-state index contributed by atoms with van der Waals surface area (Å²) in [6.45, 7) is 0.523. The maximum atomic E-state index is 12.3. The highest BCUT2D eigenvalue weighted by molar-refractivity contribution is 7.88. The first kappa shape index (κ1) is 14.1. The molecule has 5 heteroatoms. The number of sulfonamides is 1. The minimum absolute atomic E-state index is 0.00658. The van der Waals surface area contributed by atoms with Crippen LogP contribution in [-0.2, 0) is 15.8 Å². The molecular formula is C16H17NO3S. The molecule has 1 heterocycles. The summed E-state index contributed by atoms with van der Waals surface area (Å²) in [7, 11) is -3.38. The molecule has 1 atom stereocenters. The number of hydrogen-bond donors (Lipinski definition) is 1. The van der Waals surface area contributed by atoms with Gasteiger partial charge in [-0.3, -0.25) is 0 Å². The predicted octanol–water partition coefficient (Wildman–Crippen LogP) is 2.63. The third-order valence-electron chi connectivity index (χ3n) is 3.48. The molecule has 1 N–H and O–H groups in total. The van der Waals surface area contributed by atoms with Gasteiger partial charge in [0, 0.05) is 12.0 Å². The fourth-order valence-corrected chi connectivity index (χ4v) is 3.91. The summed E-state index contributed by atoms with van der Waals surface area (Å²) in [4.78, 5) is 0. The van der Waals surface area contributed by atoms with Crippen molar-refractivity contribution in [3.05, 3.63) is 65.7 Å². The lowest BCUT2D eigenvalue weighted by Crippen LogP contribution is -2.33. The van der Waals surface area contributed by atoms with Crippen LogP contribution in [-0.4, -0.2) is 15.0 Å². The van der Waals surface area contributed by atoms with Crippen molar-refractivity contribution in [2.45, 2.75) is 18.2 Å². The molecule has 21 heavy (non-hydrogen) atoms. The third kappa shape index (κ3) is 3.43. The molecule has 0 aliphatic carbocycles. The van der Waals surface area contributed by atoms with Gasteiger partial charge in [0.25, 0.3) is 0 Å². The van der Waals surface area contributed by atoms with Crippen molar-refractivity contribution in [2.24, 2.45) is 0 Å². The zero-order chi connectivity index (χ0) is 14.7. The normalized spacial score (nSPS) is 17.8. The maximum Gasteiger partial charge on any atom is 0.216 e. The molecule has 110 valence electrons. The number of ether oxygens (including phenoxy) is 1. The monoisotopic (exact) mass is 303 g/mol. The number of fused-ring (bicyclic) bond motifs is 1. The van der Waals surface area contributed by atoms with Crippen LogP contribution in [0.4, 0.5) is 0 Å². The molecule has 1 aliphatic rings. The smallest absolute Gasteiger partial charge is 0.216 e. The van der Waals surface area contributed by atoms with Crippen LogP contribution in [0.5, 0.6) is 5.75 Å². The van der Waals surface area contributed by atoms with Crippen molar-refractivity contribution in [2.75, 3.05) is 6.61 Å². The molecular weight excluding hydrogens is 286 g/mol. The Balaban J connectivity index is 1.78. The van der Waals surface area contributed by atoms with Gasteiger partial charge in [0.05, 0.1) is 18.4 Å². The van der Waals surface area contributed by atoms with Crippen LogP contribution in [0.3, 0.4) is 0 Å². The second-order valence-electron chi connectivity index (χ2n) is 5.09. The minimum atomic E-state index is -3.38. The van der Waals surface area contributed by atoms with E-state index in [1.54, 1.807) is 0 Å². The van der Waals surface area contributed by atoms with E-state index < -0.39 is 10.0 Å². The van der Waals surface area contributed by atoms with E-state index in [4.69, 9.17) is 4.74 Å². The quantitative estimate of drug-likeness (QED) is 0.944. The van der Waals surface area contributed by atoms with E-state index in [1.807, 2.05) is 54.6 Å². The molecule has 0 fully saturated rings. The predicted molar refractivity (Wildman–Crippen MR) is 81.5 cm³/mol. The minimum Gasteiger partial charge on any atom is -0.493 e. The number of hydrogen-bond acceptors (Lipinski definition) is 3. The highest BCUT2D eigenvalue weighted by Crippen LogP contribution is 2.32. The van der Waals surface area contributed by atoms with Crippen LogP contribution in [0.1, 0.15) is 23.6 Å². The lowest BCUT2D eigenvalue weighted by molar-refractivity contribution is 0.263. The molecule has 0 saturated heterocycles. The van der Waals surface area contributed by atoms with Crippen molar-refractivity contribution in [3.8, 4) is 5.75 Å². The summed E-state index contributed by atoms with van der Waals surface area (Å²) < 4.78 is 33.0. The molecule has 0 radical (unpaired) electrons. The van der Waals surface area contributed by atoms with E-state index in [0.717, 1.165) is 16.9 Å². The van der Waals surface area contributed by atoms with Crippen molar-refractivity contribution >= 4 is 10.0 Å². The number of rotatable bonds is 4. The molecule has 1 aliphatic heterocycles. The van der Waals surface area contributed by atoms with E-state index in [1.165, 1.54) is 0 Å². The van der Waals surface area contributed by atoms with Gasteiger partial charge in [0.1, 0.15) is 5.75 Å². The highest BCUT2D eigenvalue weighted by atomic mass is 32.2. The van der Waals surface area contributed by atoms with E-state index in [0.29, 0.717) is 13.0 Å². The van der Waals surface area contributed by atoms with Crippen molar-refractivity contribution in [1.82, 2.24) is 4.72 Å². The van der Waals surface area contributed by atoms with Crippen LogP contribution in [0.2, 0.25) is 0 Å². The van der Waals surface area contributed by atoms with Crippen LogP contribution in [0.25, 0.3) is 0 Å². The van der Waals surface area contributed by atoms with Crippen molar-refractivity contribution in [3.63, 3.8) is 0 Å². The van der Waals surface area contributed by atoms with Gasteiger partial charge in [0.15, 0.2) is 0 Å². The molecule has 2 aromatic rings. The van der Waals surface area contributed by atoms with Crippen LogP contribution in [0.15, 0.2) is 54.6 Å². The lowest BCUT2D eigenvalue weighted by Gasteiger charge is -2.26. The Morgan fingerprint density at radius 3 is 2.57 bits per heavy atom. The van der Waals surface area contributed by atoms with Crippen LogP contribution < -0.4 is 9.46 Å². The Morgan fingerprint density at radius 2 is 1.76 bits per heavy atom. The second kappa shape index (κ2) is 5.87. The topological polar surface area (TPSA) is 55.4 Å². The summed E-state index contributed by atoms with van der Waals surface area (Å²) in [6, 6.07) is 16.5. The first-order chi connectivity index (χ1) is 10.1. The van der Waals surface area contributed by atoms with Crippen molar-refractivity contribution in [1.29, 1.82) is 0 Å².